The minimum atomic E-state index is -0.378. The van der Waals surface area contributed by atoms with E-state index >= 15 is 0 Å². The van der Waals surface area contributed by atoms with Crippen molar-refractivity contribution in [2.75, 3.05) is 24.6 Å². The average Bonchev–Trinajstić information content (AvgIpc) is 2.78. The highest BCUT2D eigenvalue weighted by molar-refractivity contribution is 6.16. The number of anilines is 1. The maximum Gasteiger partial charge on any atom is 0.309 e. The molecule has 4 rings (SSSR count). The lowest BCUT2D eigenvalue weighted by Gasteiger charge is -2.34. The van der Waals surface area contributed by atoms with Gasteiger partial charge in [0.25, 0.3) is 0 Å². The lowest BCUT2D eigenvalue weighted by atomic mass is 9.94. The molecule has 154 valence electrons. The Morgan fingerprint density at radius 3 is 2.57 bits per heavy atom. The number of fused-ring (bicyclic) bond motifs is 1. The summed E-state index contributed by atoms with van der Waals surface area (Å²) in [6.07, 6.45) is 2.82. The van der Waals surface area contributed by atoms with Crippen LogP contribution < -0.4 is 4.90 Å². The molecule has 0 atom stereocenters. The molecule has 6 heteroatoms. The molecule has 0 radical (unpaired) electrons. The number of nitrogens with zero attached hydrogens (tertiary/aromatic N) is 2. The second-order valence-corrected chi connectivity index (χ2v) is 7.39. The monoisotopic (exact) mass is 406 g/mol. The van der Waals surface area contributed by atoms with Crippen LogP contribution in [-0.2, 0) is 9.53 Å². The number of carbonyl (C=O) groups is 2. The van der Waals surface area contributed by atoms with E-state index in [1.807, 2.05) is 18.2 Å². The molecule has 3 aromatic rings. The van der Waals surface area contributed by atoms with Crippen molar-refractivity contribution in [3.05, 3.63) is 71.7 Å². The highest BCUT2D eigenvalue weighted by Gasteiger charge is 2.29. The SMILES string of the molecule is CCOC(=O)C1CCN(c2c(C(=O)c3ccccc3)cnc3ccc(F)cc23)CC1. The van der Waals surface area contributed by atoms with Crippen molar-refractivity contribution in [1.29, 1.82) is 0 Å². The number of ether oxygens (including phenoxy) is 1. The van der Waals surface area contributed by atoms with E-state index in [0.717, 1.165) is 0 Å². The fraction of sp³-hybridized carbons (Fsp3) is 0.292. The van der Waals surface area contributed by atoms with Crippen LogP contribution in [0.5, 0.6) is 0 Å². The quantitative estimate of drug-likeness (QED) is 0.465. The zero-order valence-electron chi connectivity index (χ0n) is 16.8. The van der Waals surface area contributed by atoms with Gasteiger partial charge in [0, 0.05) is 30.2 Å². The number of pyridine rings is 1. The van der Waals surface area contributed by atoms with E-state index in [9.17, 15) is 14.0 Å². The molecular formula is C24H23FN2O3. The lowest BCUT2D eigenvalue weighted by molar-refractivity contribution is -0.148. The van der Waals surface area contributed by atoms with Crippen LogP contribution in [0.2, 0.25) is 0 Å². The summed E-state index contributed by atoms with van der Waals surface area (Å²) in [6.45, 7) is 3.32. The molecule has 0 aliphatic carbocycles. The van der Waals surface area contributed by atoms with Crippen LogP contribution in [0.4, 0.5) is 10.1 Å². The molecule has 1 saturated heterocycles. The minimum absolute atomic E-state index is 0.153. The van der Waals surface area contributed by atoms with Crippen molar-refractivity contribution < 1.29 is 18.7 Å². The molecule has 30 heavy (non-hydrogen) atoms. The minimum Gasteiger partial charge on any atom is -0.466 e. The molecule has 2 heterocycles. The third kappa shape index (κ3) is 3.90. The Labute approximate surface area is 174 Å². The van der Waals surface area contributed by atoms with E-state index in [1.54, 1.807) is 31.3 Å². The largest absolute Gasteiger partial charge is 0.466 e. The summed E-state index contributed by atoms with van der Waals surface area (Å²) in [5.41, 5.74) is 2.30. The van der Waals surface area contributed by atoms with Crippen LogP contribution >= 0.6 is 0 Å². The van der Waals surface area contributed by atoms with Gasteiger partial charge in [0.15, 0.2) is 5.78 Å². The van der Waals surface area contributed by atoms with E-state index in [0.29, 0.717) is 60.3 Å². The summed E-state index contributed by atoms with van der Waals surface area (Å²) in [6, 6.07) is 13.4. The van der Waals surface area contributed by atoms with Gasteiger partial charge in [0.05, 0.1) is 29.3 Å². The van der Waals surface area contributed by atoms with Gasteiger partial charge in [-0.05, 0) is 38.0 Å². The molecule has 0 bridgehead atoms. The Morgan fingerprint density at radius 1 is 1.13 bits per heavy atom. The van der Waals surface area contributed by atoms with Crippen molar-refractivity contribution in [2.24, 2.45) is 5.92 Å². The molecule has 1 fully saturated rings. The second-order valence-electron chi connectivity index (χ2n) is 7.39. The maximum absolute atomic E-state index is 14.1. The van der Waals surface area contributed by atoms with Crippen molar-refractivity contribution in [3.8, 4) is 0 Å². The lowest BCUT2D eigenvalue weighted by Crippen LogP contribution is -2.38. The standard InChI is InChI=1S/C24H23FN2O3/c1-2-30-24(29)17-10-12-27(13-11-17)22-19-14-18(25)8-9-21(19)26-15-20(22)23(28)16-6-4-3-5-7-16/h3-9,14-15,17H,2,10-13H2,1H3. The Hall–Kier alpha value is -3.28. The smallest absolute Gasteiger partial charge is 0.309 e. The topological polar surface area (TPSA) is 59.5 Å². The number of aromatic nitrogens is 1. The molecular weight excluding hydrogens is 383 g/mol. The van der Waals surface area contributed by atoms with Gasteiger partial charge in [0.1, 0.15) is 5.82 Å². The molecule has 1 aliphatic heterocycles. The Morgan fingerprint density at radius 2 is 1.87 bits per heavy atom. The van der Waals surface area contributed by atoms with E-state index in [-0.39, 0.29) is 23.5 Å². The number of rotatable bonds is 5. The highest BCUT2D eigenvalue weighted by Crippen LogP contribution is 2.34. The van der Waals surface area contributed by atoms with Crippen LogP contribution in [0.15, 0.2) is 54.7 Å². The molecule has 0 saturated carbocycles. The van der Waals surface area contributed by atoms with Crippen molar-refractivity contribution >= 4 is 28.3 Å². The summed E-state index contributed by atoms with van der Waals surface area (Å²) in [5, 5.41) is 0.603. The first kappa shape index (κ1) is 20.0. The zero-order valence-corrected chi connectivity index (χ0v) is 16.8. The number of piperidine rings is 1. The zero-order chi connectivity index (χ0) is 21.1. The van der Waals surface area contributed by atoms with E-state index in [2.05, 4.69) is 9.88 Å². The van der Waals surface area contributed by atoms with E-state index in [1.165, 1.54) is 12.1 Å². The van der Waals surface area contributed by atoms with Gasteiger partial charge in [-0.2, -0.15) is 0 Å². The summed E-state index contributed by atoms with van der Waals surface area (Å²) in [5.74, 6) is -0.865. The van der Waals surface area contributed by atoms with Crippen LogP contribution in [0.25, 0.3) is 10.9 Å². The molecule has 1 aliphatic rings. The number of ketones is 1. The van der Waals surface area contributed by atoms with Crippen LogP contribution in [0, 0.1) is 11.7 Å². The molecule has 0 spiro atoms. The van der Waals surface area contributed by atoms with Gasteiger partial charge in [-0.25, -0.2) is 4.39 Å². The Bertz CT molecular complexity index is 1080. The van der Waals surface area contributed by atoms with Gasteiger partial charge in [-0.3, -0.25) is 14.6 Å². The third-order valence-corrected chi connectivity index (χ3v) is 5.51. The van der Waals surface area contributed by atoms with Gasteiger partial charge < -0.3 is 9.64 Å². The second kappa shape index (κ2) is 8.61. The molecule has 0 amide bonds. The highest BCUT2D eigenvalue weighted by atomic mass is 19.1. The van der Waals surface area contributed by atoms with Crippen LogP contribution in [0.1, 0.15) is 35.7 Å². The molecule has 0 N–H and O–H groups in total. The summed E-state index contributed by atoms with van der Waals surface area (Å²) < 4.78 is 19.3. The Kier molecular flexibility index (Phi) is 5.74. The van der Waals surface area contributed by atoms with Crippen molar-refractivity contribution in [1.82, 2.24) is 4.98 Å². The number of benzene rings is 2. The van der Waals surface area contributed by atoms with Gasteiger partial charge in [-0.15, -0.1) is 0 Å². The number of hydrogen-bond acceptors (Lipinski definition) is 5. The molecule has 2 aromatic carbocycles. The third-order valence-electron chi connectivity index (χ3n) is 5.51. The molecule has 0 unspecified atom stereocenters. The van der Waals surface area contributed by atoms with Crippen LogP contribution in [-0.4, -0.2) is 36.4 Å². The average molecular weight is 406 g/mol. The predicted molar refractivity (Wildman–Crippen MR) is 113 cm³/mol. The van der Waals surface area contributed by atoms with Gasteiger partial charge in [0.2, 0.25) is 0 Å². The first-order valence-electron chi connectivity index (χ1n) is 10.2. The summed E-state index contributed by atoms with van der Waals surface area (Å²) >= 11 is 0. The maximum atomic E-state index is 14.1. The van der Waals surface area contributed by atoms with Crippen LogP contribution in [0.3, 0.4) is 0 Å². The summed E-state index contributed by atoms with van der Waals surface area (Å²) in [7, 11) is 0. The first-order valence-corrected chi connectivity index (χ1v) is 10.2. The van der Waals surface area contributed by atoms with Crippen molar-refractivity contribution in [3.63, 3.8) is 0 Å². The van der Waals surface area contributed by atoms with Gasteiger partial charge >= 0.3 is 5.97 Å². The Balaban J connectivity index is 1.74. The van der Waals surface area contributed by atoms with Gasteiger partial charge in [-0.1, -0.05) is 30.3 Å². The molecule has 1 aromatic heterocycles. The number of carbonyl (C=O) groups excluding carboxylic acids is 2. The fourth-order valence-corrected chi connectivity index (χ4v) is 4.00. The van der Waals surface area contributed by atoms with Crippen molar-refractivity contribution in [2.45, 2.75) is 19.8 Å². The summed E-state index contributed by atoms with van der Waals surface area (Å²) in [4.78, 5) is 31.8. The number of halogens is 1. The number of esters is 1. The normalized spacial score (nSPS) is 14.7. The fourth-order valence-electron chi connectivity index (χ4n) is 4.00. The van der Waals surface area contributed by atoms with E-state index < -0.39 is 0 Å². The first-order chi connectivity index (χ1) is 14.6. The number of hydrogen-bond donors (Lipinski definition) is 0. The molecule has 5 nitrogen and oxygen atoms in total. The van der Waals surface area contributed by atoms with E-state index in [4.69, 9.17) is 4.74 Å². The predicted octanol–water partition coefficient (Wildman–Crippen LogP) is 4.38.